The molecule has 0 spiro atoms. The van der Waals surface area contributed by atoms with Gasteiger partial charge in [0.1, 0.15) is 5.25 Å². The van der Waals surface area contributed by atoms with Gasteiger partial charge in [0.25, 0.3) is 10.1 Å². The molecule has 5 nitrogen and oxygen atoms in total. The third-order valence-electron chi connectivity index (χ3n) is 2.70. The molecule has 1 N–H and O–H groups in total. The van der Waals surface area contributed by atoms with Crippen LogP contribution >= 0.6 is 0 Å². The van der Waals surface area contributed by atoms with Crippen LogP contribution in [0.15, 0.2) is 30.3 Å². The quantitative estimate of drug-likeness (QED) is 0.653. The van der Waals surface area contributed by atoms with Crippen molar-refractivity contribution in [3.63, 3.8) is 0 Å². The molecule has 0 aliphatic rings. The largest absolute Gasteiger partial charge is 0.469 e. The highest BCUT2D eigenvalue weighted by Crippen LogP contribution is 2.28. The van der Waals surface area contributed by atoms with Crippen molar-refractivity contribution in [2.24, 2.45) is 5.92 Å². The minimum Gasteiger partial charge on any atom is -0.469 e. The Morgan fingerprint density at radius 3 is 2.33 bits per heavy atom. The molecule has 1 unspecified atom stereocenters. The number of hydrogen-bond acceptors (Lipinski definition) is 4. The summed E-state index contributed by atoms with van der Waals surface area (Å²) in [5.74, 6) is -1.11. The van der Waals surface area contributed by atoms with Crippen LogP contribution in [0.2, 0.25) is 0 Å². The summed E-state index contributed by atoms with van der Waals surface area (Å²) >= 11 is 0. The zero-order chi connectivity index (χ0) is 13.8. The molecule has 2 atom stereocenters. The monoisotopic (exact) mass is 272 g/mol. The number of ether oxygens (including phenoxy) is 1. The van der Waals surface area contributed by atoms with E-state index in [1.165, 1.54) is 7.11 Å². The van der Waals surface area contributed by atoms with Gasteiger partial charge in [0.2, 0.25) is 0 Å². The molecule has 1 rings (SSSR count). The van der Waals surface area contributed by atoms with Crippen LogP contribution in [0.1, 0.15) is 24.2 Å². The van der Waals surface area contributed by atoms with E-state index in [1.54, 1.807) is 37.3 Å². The Balaban J connectivity index is 2.99. The van der Waals surface area contributed by atoms with E-state index in [2.05, 4.69) is 4.74 Å². The lowest BCUT2D eigenvalue weighted by atomic mass is 10.0. The van der Waals surface area contributed by atoms with Crippen LogP contribution in [0.5, 0.6) is 0 Å². The predicted octanol–water partition coefficient (Wildman–Crippen LogP) is 1.81. The Morgan fingerprint density at radius 2 is 1.89 bits per heavy atom. The second-order valence-electron chi connectivity index (χ2n) is 4.07. The maximum atomic E-state index is 11.4. The lowest BCUT2D eigenvalue weighted by molar-refractivity contribution is -0.145. The predicted molar refractivity (Wildman–Crippen MR) is 66.5 cm³/mol. The van der Waals surface area contributed by atoms with E-state index in [0.717, 1.165) is 0 Å². The van der Waals surface area contributed by atoms with E-state index in [1.807, 2.05) is 0 Å². The fourth-order valence-electron chi connectivity index (χ4n) is 1.72. The van der Waals surface area contributed by atoms with E-state index in [-0.39, 0.29) is 6.42 Å². The van der Waals surface area contributed by atoms with Crippen molar-refractivity contribution in [1.82, 2.24) is 0 Å². The van der Waals surface area contributed by atoms with Crippen molar-refractivity contribution < 1.29 is 22.5 Å². The van der Waals surface area contributed by atoms with E-state index >= 15 is 0 Å². The van der Waals surface area contributed by atoms with E-state index < -0.39 is 27.3 Å². The summed E-state index contributed by atoms with van der Waals surface area (Å²) in [4.78, 5) is 11.3. The molecule has 1 aromatic rings. The first kappa shape index (κ1) is 14.7. The topological polar surface area (TPSA) is 80.7 Å². The molecular weight excluding hydrogens is 256 g/mol. The second kappa shape index (κ2) is 5.97. The van der Waals surface area contributed by atoms with Crippen LogP contribution in [0.4, 0.5) is 0 Å². The first-order chi connectivity index (χ1) is 8.36. The zero-order valence-electron chi connectivity index (χ0n) is 10.2. The maximum Gasteiger partial charge on any atom is 0.308 e. The lowest BCUT2D eigenvalue weighted by Crippen LogP contribution is -2.20. The van der Waals surface area contributed by atoms with Gasteiger partial charge in [-0.05, 0) is 12.0 Å². The van der Waals surface area contributed by atoms with Gasteiger partial charge in [-0.15, -0.1) is 0 Å². The third kappa shape index (κ3) is 3.82. The number of carbonyl (C=O) groups is 1. The molecule has 0 saturated heterocycles. The number of carbonyl (C=O) groups excluding carboxylic acids is 1. The molecular formula is C12H16O5S. The highest BCUT2D eigenvalue weighted by atomic mass is 32.2. The number of methoxy groups -OCH3 is 1. The van der Waals surface area contributed by atoms with Gasteiger partial charge in [0.15, 0.2) is 0 Å². The second-order valence-corrected chi connectivity index (χ2v) is 5.67. The van der Waals surface area contributed by atoms with Crippen LogP contribution in [-0.2, 0) is 19.6 Å². The molecule has 18 heavy (non-hydrogen) atoms. The van der Waals surface area contributed by atoms with E-state index in [4.69, 9.17) is 0 Å². The van der Waals surface area contributed by atoms with Crippen LogP contribution in [-0.4, -0.2) is 26.0 Å². The Hall–Kier alpha value is -1.40. The van der Waals surface area contributed by atoms with Gasteiger partial charge < -0.3 is 4.74 Å². The molecule has 0 aromatic heterocycles. The Morgan fingerprint density at radius 1 is 1.33 bits per heavy atom. The van der Waals surface area contributed by atoms with Gasteiger partial charge in [-0.2, -0.15) is 8.42 Å². The average Bonchev–Trinajstić information content (AvgIpc) is 2.34. The van der Waals surface area contributed by atoms with Crippen LogP contribution in [0, 0.1) is 5.92 Å². The molecule has 1 aromatic carbocycles. The average molecular weight is 272 g/mol. The summed E-state index contributed by atoms with van der Waals surface area (Å²) in [5, 5.41) is -1.12. The SMILES string of the molecule is COC(=O)C(C)C[C@H](c1ccccc1)S(=O)(=O)O. The van der Waals surface area contributed by atoms with Gasteiger partial charge in [-0.25, -0.2) is 0 Å². The molecule has 0 saturated carbocycles. The summed E-state index contributed by atoms with van der Waals surface area (Å²) in [6, 6.07) is 8.30. The maximum absolute atomic E-state index is 11.4. The van der Waals surface area contributed by atoms with Gasteiger partial charge in [0, 0.05) is 0 Å². The first-order valence-electron chi connectivity index (χ1n) is 5.45. The Labute approximate surface area is 107 Å². The molecule has 0 aliphatic heterocycles. The van der Waals surface area contributed by atoms with Crippen LogP contribution in [0.25, 0.3) is 0 Å². The minimum atomic E-state index is -4.26. The number of benzene rings is 1. The molecule has 0 amide bonds. The molecule has 0 bridgehead atoms. The standard InChI is InChI=1S/C12H16O5S/c1-9(12(13)17-2)8-11(18(14,15)16)10-6-4-3-5-7-10/h3-7,9,11H,8H2,1-2H3,(H,14,15,16)/t9?,11-/m1/s1. The Kier molecular flexibility index (Phi) is 4.86. The fraction of sp³-hybridized carbons (Fsp3) is 0.417. The van der Waals surface area contributed by atoms with Crippen molar-refractivity contribution in [2.45, 2.75) is 18.6 Å². The molecule has 0 heterocycles. The normalized spacial score (nSPS) is 14.8. The van der Waals surface area contributed by atoms with E-state index in [0.29, 0.717) is 5.56 Å². The van der Waals surface area contributed by atoms with Gasteiger partial charge in [0.05, 0.1) is 13.0 Å². The van der Waals surface area contributed by atoms with Gasteiger partial charge >= 0.3 is 5.97 Å². The summed E-state index contributed by atoms with van der Waals surface area (Å²) < 4.78 is 36.6. The highest BCUT2D eigenvalue weighted by molar-refractivity contribution is 7.86. The number of hydrogen-bond donors (Lipinski definition) is 1. The van der Waals surface area contributed by atoms with Crippen LogP contribution in [0.3, 0.4) is 0 Å². The van der Waals surface area contributed by atoms with Crippen LogP contribution < -0.4 is 0 Å². The summed E-state index contributed by atoms with van der Waals surface area (Å²) in [6.45, 7) is 1.56. The molecule has 0 fully saturated rings. The van der Waals surface area contributed by atoms with Crippen molar-refractivity contribution in [3.8, 4) is 0 Å². The van der Waals surface area contributed by atoms with Crippen molar-refractivity contribution >= 4 is 16.1 Å². The molecule has 100 valence electrons. The minimum absolute atomic E-state index is 0.0183. The van der Waals surface area contributed by atoms with Gasteiger partial charge in [-0.1, -0.05) is 37.3 Å². The summed E-state index contributed by atoms with van der Waals surface area (Å²) in [5.41, 5.74) is 0.454. The number of rotatable bonds is 5. The Bertz CT molecular complexity index is 494. The molecule has 0 aliphatic carbocycles. The lowest BCUT2D eigenvalue weighted by Gasteiger charge is -2.17. The third-order valence-corrected chi connectivity index (χ3v) is 3.89. The first-order valence-corrected chi connectivity index (χ1v) is 6.95. The zero-order valence-corrected chi connectivity index (χ0v) is 11.1. The smallest absolute Gasteiger partial charge is 0.308 e. The van der Waals surface area contributed by atoms with E-state index in [9.17, 15) is 17.8 Å². The highest BCUT2D eigenvalue weighted by Gasteiger charge is 2.29. The van der Waals surface area contributed by atoms with Crippen molar-refractivity contribution in [2.75, 3.05) is 7.11 Å². The molecule has 6 heteroatoms. The van der Waals surface area contributed by atoms with Gasteiger partial charge in [-0.3, -0.25) is 9.35 Å². The number of esters is 1. The van der Waals surface area contributed by atoms with Crippen molar-refractivity contribution in [1.29, 1.82) is 0 Å². The summed E-state index contributed by atoms with van der Waals surface area (Å²) in [6.07, 6.45) is -0.0183. The fourth-order valence-corrected chi connectivity index (χ4v) is 2.75. The summed E-state index contributed by atoms with van der Waals surface area (Å²) in [7, 11) is -3.02. The molecule has 0 radical (unpaired) electrons. The van der Waals surface area contributed by atoms with Crippen molar-refractivity contribution in [3.05, 3.63) is 35.9 Å².